The summed E-state index contributed by atoms with van der Waals surface area (Å²) in [6.45, 7) is 2.69. The van der Waals surface area contributed by atoms with Gasteiger partial charge in [0.05, 0.1) is 18.1 Å². The first-order chi connectivity index (χ1) is 10.2. The molecule has 0 saturated heterocycles. The summed E-state index contributed by atoms with van der Waals surface area (Å²) >= 11 is 0. The molecular formula is C13H16N2O7. The second-order valence-electron chi connectivity index (χ2n) is 4.60. The topological polar surface area (TPSA) is 139 Å². The summed E-state index contributed by atoms with van der Waals surface area (Å²) in [4.78, 5) is 33.7. The van der Waals surface area contributed by atoms with E-state index in [-0.39, 0.29) is 5.56 Å². The molecule has 0 aliphatic rings. The second-order valence-corrected chi connectivity index (χ2v) is 4.60. The minimum absolute atomic E-state index is 0.225. The van der Waals surface area contributed by atoms with E-state index < -0.39 is 45.9 Å². The zero-order valence-corrected chi connectivity index (χ0v) is 12.2. The lowest BCUT2D eigenvalue weighted by Crippen LogP contribution is -2.48. The van der Waals surface area contributed by atoms with Crippen LogP contribution in [0.3, 0.4) is 0 Å². The summed E-state index contributed by atoms with van der Waals surface area (Å²) in [5.41, 5.74) is -0.974. The van der Waals surface area contributed by atoms with Crippen molar-refractivity contribution < 1.29 is 29.5 Å². The molecule has 9 heteroatoms. The summed E-state index contributed by atoms with van der Waals surface area (Å²) < 4.78 is 4.43. The van der Waals surface area contributed by atoms with Gasteiger partial charge in [-0.05, 0) is 25.5 Å². The van der Waals surface area contributed by atoms with Gasteiger partial charge in [0.1, 0.15) is 5.56 Å². The van der Waals surface area contributed by atoms with E-state index in [1.54, 1.807) is 0 Å². The first-order valence-electron chi connectivity index (χ1n) is 6.24. The number of hydrogen-bond donors (Lipinski definition) is 3. The smallest absolute Gasteiger partial charge is 0.331 e. The molecule has 2 unspecified atom stereocenters. The largest absolute Gasteiger partial charge is 0.502 e. The van der Waals surface area contributed by atoms with Crippen LogP contribution in [0.15, 0.2) is 12.1 Å². The average Bonchev–Trinajstić information content (AvgIpc) is 2.45. The van der Waals surface area contributed by atoms with Crippen LogP contribution in [0.2, 0.25) is 0 Å². The van der Waals surface area contributed by atoms with Crippen LogP contribution >= 0.6 is 0 Å². The second kappa shape index (κ2) is 6.85. The Morgan fingerprint density at radius 2 is 2.00 bits per heavy atom. The van der Waals surface area contributed by atoms with Crippen LogP contribution in [-0.4, -0.2) is 46.3 Å². The van der Waals surface area contributed by atoms with Crippen LogP contribution in [0.5, 0.6) is 5.75 Å². The number of nitrogens with one attached hydrogen (secondary N) is 1. The molecule has 1 aromatic rings. The lowest BCUT2D eigenvalue weighted by atomic mass is 10.1. The molecular weight excluding hydrogens is 296 g/mol. The van der Waals surface area contributed by atoms with E-state index in [0.717, 1.165) is 13.2 Å². The van der Waals surface area contributed by atoms with Gasteiger partial charge < -0.3 is 20.3 Å². The van der Waals surface area contributed by atoms with Gasteiger partial charge in [-0.25, -0.2) is 4.79 Å². The highest BCUT2D eigenvalue weighted by Gasteiger charge is 2.31. The van der Waals surface area contributed by atoms with E-state index >= 15 is 0 Å². The number of amides is 1. The Labute approximate surface area is 125 Å². The SMILES string of the molecule is COC(=O)C(NC(=O)c1ccc(C)c(O)c1[N+](=O)[O-])C(C)O. The molecule has 0 spiro atoms. The van der Waals surface area contributed by atoms with Gasteiger partial charge in [-0.2, -0.15) is 0 Å². The van der Waals surface area contributed by atoms with Gasteiger partial charge in [0, 0.05) is 0 Å². The normalized spacial score (nSPS) is 13.1. The Kier molecular flexibility index (Phi) is 5.41. The van der Waals surface area contributed by atoms with E-state index in [2.05, 4.69) is 10.1 Å². The fourth-order valence-electron chi connectivity index (χ4n) is 1.77. The van der Waals surface area contributed by atoms with Crippen LogP contribution < -0.4 is 5.32 Å². The summed E-state index contributed by atoms with van der Waals surface area (Å²) in [6, 6.07) is 1.09. The third-order valence-corrected chi connectivity index (χ3v) is 3.00. The molecule has 0 radical (unpaired) electrons. The molecule has 1 aromatic carbocycles. The molecule has 9 nitrogen and oxygen atoms in total. The average molecular weight is 312 g/mol. The minimum Gasteiger partial charge on any atom is -0.502 e. The molecule has 1 rings (SSSR count). The maximum absolute atomic E-state index is 12.1. The fourth-order valence-corrected chi connectivity index (χ4v) is 1.77. The molecule has 120 valence electrons. The number of aromatic hydroxyl groups is 1. The maximum Gasteiger partial charge on any atom is 0.331 e. The molecule has 0 heterocycles. The molecule has 3 N–H and O–H groups in total. The molecule has 0 saturated carbocycles. The van der Waals surface area contributed by atoms with Crippen LogP contribution in [0, 0.1) is 17.0 Å². The number of methoxy groups -OCH3 is 1. The number of rotatable bonds is 5. The number of nitro groups is 1. The van der Waals surface area contributed by atoms with E-state index in [1.807, 2.05) is 0 Å². The summed E-state index contributed by atoms with van der Waals surface area (Å²) in [7, 11) is 1.07. The first kappa shape index (κ1) is 17.4. The highest BCUT2D eigenvalue weighted by molar-refractivity contribution is 6.01. The number of nitro benzene ring substituents is 1. The number of carbonyl (C=O) groups excluding carboxylic acids is 2. The number of esters is 1. The number of phenols is 1. The molecule has 0 aliphatic carbocycles. The quantitative estimate of drug-likeness (QED) is 0.402. The van der Waals surface area contributed by atoms with Gasteiger partial charge in [-0.15, -0.1) is 0 Å². The van der Waals surface area contributed by atoms with E-state index in [1.165, 1.54) is 19.9 Å². The predicted octanol–water partition coefficient (Wildman–Crippen LogP) is 0.261. The van der Waals surface area contributed by atoms with Gasteiger partial charge in [0.25, 0.3) is 5.91 Å². The van der Waals surface area contributed by atoms with Crippen molar-refractivity contribution in [1.29, 1.82) is 0 Å². The van der Waals surface area contributed by atoms with Crippen molar-refractivity contribution in [1.82, 2.24) is 5.32 Å². The van der Waals surface area contributed by atoms with Crippen LogP contribution in [0.1, 0.15) is 22.8 Å². The molecule has 0 bridgehead atoms. The Morgan fingerprint density at radius 3 is 2.45 bits per heavy atom. The van der Waals surface area contributed by atoms with Crippen molar-refractivity contribution in [2.24, 2.45) is 0 Å². The van der Waals surface area contributed by atoms with Crippen LogP contribution in [0.25, 0.3) is 0 Å². The molecule has 0 fully saturated rings. The first-order valence-corrected chi connectivity index (χ1v) is 6.24. The third-order valence-electron chi connectivity index (χ3n) is 3.00. The summed E-state index contributed by atoms with van der Waals surface area (Å²) in [5.74, 6) is -2.52. The lowest BCUT2D eigenvalue weighted by Gasteiger charge is -2.19. The highest BCUT2D eigenvalue weighted by Crippen LogP contribution is 2.32. The number of benzene rings is 1. The van der Waals surface area contributed by atoms with E-state index in [0.29, 0.717) is 0 Å². The van der Waals surface area contributed by atoms with E-state index in [9.17, 15) is 29.9 Å². The number of aliphatic hydroxyl groups is 1. The van der Waals surface area contributed by atoms with Crippen molar-refractivity contribution in [3.63, 3.8) is 0 Å². The van der Waals surface area contributed by atoms with Crippen molar-refractivity contribution in [3.05, 3.63) is 33.4 Å². The van der Waals surface area contributed by atoms with Crippen molar-refractivity contribution in [2.45, 2.75) is 26.0 Å². The molecule has 2 atom stereocenters. The summed E-state index contributed by atoms with van der Waals surface area (Å²) in [5, 5.41) is 32.4. The minimum atomic E-state index is -1.39. The number of hydrogen-bond acceptors (Lipinski definition) is 7. The van der Waals surface area contributed by atoms with Gasteiger partial charge in [-0.3, -0.25) is 14.9 Å². The monoisotopic (exact) mass is 312 g/mol. The lowest BCUT2D eigenvalue weighted by molar-refractivity contribution is -0.386. The number of carbonyl (C=O) groups is 2. The number of phenolic OH excluding ortho intramolecular Hbond substituents is 1. The Hall–Kier alpha value is -2.68. The van der Waals surface area contributed by atoms with Gasteiger partial charge in [0.15, 0.2) is 11.8 Å². The van der Waals surface area contributed by atoms with Crippen molar-refractivity contribution in [3.8, 4) is 5.75 Å². The molecule has 1 amide bonds. The van der Waals surface area contributed by atoms with Gasteiger partial charge in [0.2, 0.25) is 0 Å². The summed E-state index contributed by atoms with van der Waals surface area (Å²) in [6.07, 6.45) is -1.27. The Bertz CT molecular complexity index is 613. The highest BCUT2D eigenvalue weighted by atomic mass is 16.6. The van der Waals surface area contributed by atoms with Crippen molar-refractivity contribution in [2.75, 3.05) is 7.11 Å². The Morgan fingerprint density at radius 1 is 1.41 bits per heavy atom. The van der Waals surface area contributed by atoms with Gasteiger partial charge in [-0.1, -0.05) is 6.07 Å². The van der Waals surface area contributed by atoms with E-state index in [4.69, 9.17) is 0 Å². The number of ether oxygens (including phenoxy) is 1. The van der Waals surface area contributed by atoms with Crippen LogP contribution in [0.4, 0.5) is 5.69 Å². The van der Waals surface area contributed by atoms with Gasteiger partial charge >= 0.3 is 11.7 Å². The molecule has 22 heavy (non-hydrogen) atoms. The maximum atomic E-state index is 12.1. The standard InChI is InChI=1S/C13H16N2O7/c1-6-4-5-8(10(11(6)17)15(20)21)12(18)14-9(7(2)16)13(19)22-3/h4-5,7,9,16-17H,1-3H3,(H,14,18). The third kappa shape index (κ3) is 3.50. The van der Waals surface area contributed by atoms with Crippen LogP contribution in [-0.2, 0) is 9.53 Å². The zero-order valence-electron chi connectivity index (χ0n) is 12.2. The zero-order chi connectivity index (χ0) is 17.0. The predicted molar refractivity (Wildman–Crippen MR) is 74.4 cm³/mol. The Balaban J connectivity index is 3.21. The van der Waals surface area contributed by atoms with Crippen molar-refractivity contribution >= 4 is 17.6 Å². The number of aliphatic hydroxyl groups excluding tert-OH is 1. The number of aryl methyl sites for hydroxylation is 1. The molecule has 0 aliphatic heterocycles. The molecule has 0 aromatic heterocycles. The number of nitrogens with zero attached hydrogens (tertiary/aromatic N) is 1. The fraction of sp³-hybridized carbons (Fsp3) is 0.385.